The Kier molecular flexibility index (Phi) is 9.49. The second-order valence-electron chi connectivity index (χ2n) is 9.28. The van der Waals surface area contributed by atoms with Crippen LogP contribution in [0.4, 0.5) is 0 Å². The fourth-order valence-corrected chi connectivity index (χ4v) is 6.45. The van der Waals surface area contributed by atoms with Crippen molar-refractivity contribution in [2.75, 3.05) is 14.2 Å². The minimum Gasteiger partial charge on any atom is -0.496 e. The van der Waals surface area contributed by atoms with Crippen molar-refractivity contribution in [1.29, 1.82) is 0 Å². The van der Waals surface area contributed by atoms with Gasteiger partial charge in [-0.25, -0.2) is 4.98 Å². The first-order chi connectivity index (χ1) is 19.2. The number of ether oxygens (including phenoxy) is 2. The molecule has 0 saturated heterocycles. The molecular weight excluding hydrogens is 554 g/mol. The van der Waals surface area contributed by atoms with Crippen LogP contribution < -0.4 is 9.47 Å². The molecule has 11 heteroatoms. The molecule has 4 rings (SSSR count). The second kappa shape index (κ2) is 13.0. The molecule has 0 aliphatic rings. The van der Waals surface area contributed by atoms with Crippen LogP contribution in [-0.4, -0.2) is 52.9 Å². The molecule has 0 unspecified atom stereocenters. The molecule has 40 heavy (non-hydrogen) atoms. The first-order valence-corrected chi connectivity index (χ1v) is 14.4. The molecule has 0 fully saturated rings. The number of hydrogen-bond acceptors (Lipinski definition) is 9. The third-order valence-electron chi connectivity index (χ3n) is 6.47. The van der Waals surface area contributed by atoms with Gasteiger partial charge in [0.1, 0.15) is 11.5 Å². The smallest absolute Gasteiger partial charge is 0.303 e. The van der Waals surface area contributed by atoms with Crippen LogP contribution in [0.25, 0.3) is 20.3 Å². The highest BCUT2D eigenvalue weighted by Gasteiger charge is 2.17. The van der Waals surface area contributed by atoms with Crippen molar-refractivity contribution in [1.82, 2.24) is 4.98 Å². The number of fused-ring (bicyclic) bond motifs is 2. The van der Waals surface area contributed by atoms with Gasteiger partial charge in [-0.3, -0.25) is 19.2 Å². The predicted octanol–water partition coefficient (Wildman–Crippen LogP) is 6.19. The average molecular weight is 584 g/mol. The Morgan fingerprint density at radius 2 is 1.30 bits per heavy atom. The largest absolute Gasteiger partial charge is 0.496 e. The first-order valence-electron chi connectivity index (χ1n) is 12.8. The zero-order valence-corrected chi connectivity index (χ0v) is 23.8. The highest BCUT2D eigenvalue weighted by molar-refractivity contribution is 7.21. The van der Waals surface area contributed by atoms with Crippen molar-refractivity contribution >= 4 is 66.5 Å². The van der Waals surface area contributed by atoms with Gasteiger partial charge in [-0.2, -0.15) is 0 Å². The van der Waals surface area contributed by atoms with E-state index in [0.29, 0.717) is 27.4 Å². The van der Waals surface area contributed by atoms with Crippen LogP contribution in [0.5, 0.6) is 11.5 Å². The first kappa shape index (κ1) is 29.2. The van der Waals surface area contributed by atoms with Gasteiger partial charge in [0.25, 0.3) is 0 Å². The number of carboxylic acids is 2. The van der Waals surface area contributed by atoms with Gasteiger partial charge in [0.2, 0.25) is 0 Å². The lowest BCUT2D eigenvalue weighted by atomic mass is 10.0. The summed E-state index contributed by atoms with van der Waals surface area (Å²) in [5.41, 5.74) is 2.51. The van der Waals surface area contributed by atoms with Gasteiger partial charge < -0.3 is 19.7 Å². The summed E-state index contributed by atoms with van der Waals surface area (Å²) < 4.78 is 12.9. The van der Waals surface area contributed by atoms with E-state index >= 15 is 0 Å². The molecular formula is C29H29NO8S2. The van der Waals surface area contributed by atoms with Crippen molar-refractivity contribution in [3.8, 4) is 11.5 Å². The predicted molar refractivity (Wildman–Crippen MR) is 154 cm³/mol. The van der Waals surface area contributed by atoms with E-state index in [-0.39, 0.29) is 37.2 Å². The number of ketones is 2. The van der Waals surface area contributed by atoms with Crippen molar-refractivity contribution < 1.29 is 38.9 Å². The Morgan fingerprint density at radius 3 is 1.93 bits per heavy atom. The molecule has 210 valence electrons. The number of benzene rings is 1. The maximum Gasteiger partial charge on any atom is 0.303 e. The highest BCUT2D eigenvalue weighted by Crippen LogP contribution is 2.34. The lowest BCUT2D eigenvalue weighted by molar-refractivity contribution is -0.137. The molecule has 0 aliphatic heterocycles. The topological polar surface area (TPSA) is 140 Å². The summed E-state index contributed by atoms with van der Waals surface area (Å²) in [7, 11) is 3.20. The number of aromatic nitrogens is 1. The van der Waals surface area contributed by atoms with Gasteiger partial charge in [-0.1, -0.05) is 0 Å². The van der Waals surface area contributed by atoms with Crippen LogP contribution in [0, 0.1) is 0 Å². The van der Waals surface area contributed by atoms with Crippen LogP contribution in [0.15, 0.2) is 30.3 Å². The fraction of sp³-hybridized carbons (Fsp3) is 0.345. The van der Waals surface area contributed by atoms with Gasteiger partial charge in [0, 0.05) is 23.6 Å². The molecule has 0 spiro atoms. The summed E-state index contributed by atoms with van der Waals surface area (Å²) in [6, 6.07) is 9.36. The summed E-state index contributed by atoms with van der Waals surface area (Å²) in [6.45, 7) is 0. The molecule has 0 atom stereocenters. The van der Waals surface area contributed by atoms with Gasteiger partial charge in [-0.15, -0.1) is 22.7 Å². The van der Waals surface area contributed by atoms with E-state index in [1.54, 1.807) is 20.3 Å². The van der Waals surface area contributed by atoms with Crippen LogP contribution in [-0.2, 0) is 22.4 Å². The number of hydrogen-bond donors (Lipinski definition) is 2. The van der Waals surface area contributed by atoms with E-state index in [1.165, 1.54) is 22.7 Å². The summed E-state index contributed by atoms with van der Waals surface area (Å²) in [5.74, 6) is -0.985. The number of aryl methyl sites for hydroxylation is 2. The molecule has 2 N–H and O–H groups in total. The van der Waals surface area contributed by atoms with Crippen LogP contribution in [0.2, 0.25) is 0 Å². The number of Topliss-reactive ketones (excluding diaryl/α,β-unsaturated/α-hetero) is 2. The van der Waals surface area contributed by atoms with Crippen molar-refractivity contribution in [2.24, 2.45) is 0 Å². The monoisotopic (exact) mass is 583 g/mol. The average Bonchev–Trinajstić information content (AvgIpc) is 3.55. The fourth-order valence-electron chi connectivity index (χ4n) is 4.42. The van der Waals surface area contributed by atoms with Crippen molar-refractivity contribution in [2.45, 2.75) is 51.4 Å². The van der Waals surface area contributed by atoms with E-state index in [0.717, 1.165) is 51.1 Å². The number of methoxy groups -OCH3 is 2. The summed E-state index contributed by atoms with van der Waals surface area (Å²) in [4.78, 5) is 52.1. The third kappa shape index (κ3) is 7.02. The minimum atomic E-state index is -1.00. The van der Waals surface area contributed by atoms with Crippen molar-refractivity contribution in [3.63, 3.8) is 0 Å². The molecule has 3 heterocycles. The lowest BCUT2D eigenvalue weighted by Crippen LogP contribution is -2.01. The number of carbonyl (C=O) groups is 4. The number of rotatable bonds is 15. The Balaban J connectivity index is 1.42. The highest BCUT2D eigenvalue weighted by atomic mass is 32.1. The van der Waals surface area contributed by atoms with Crippen LogP contribution in [0.3, 0.4) is 0 Å². The number of unbranched alkanes of at least 4 members (excludes halogenated alkanes) is 1. The Labute approximate surface area is 238 Å². The molecule has 9 nitrogen and oxygen atoms in total. The quantitative estimate of drug-likeness (QED) is 0.124. The molecule has 0 bridgehead atoms. The summed E-state index contributed by atoms with van der Waals surface area (Å²) in [5, 5.41) is 18.6. The maximum absolute atomic E-state index is 12.4. The maximum atomic E-state index is 12.4. The molecule has 0 radical (unpaired) electrons. The van der Waals surface area contributed by atoms with E-state index in [1.807, 2.05) is 24.3 Å². The number of carbonyl (C=O) groups excluding carboxylic acids is 2. The van der Waals surface area contributed by atoms with Crippen LogP contribution in [0.1, 0.15) is 69.1 Å². The molecule has 4 aromatic rings. The van der Waals surface area contributed by atoms with Crippen LogP contribution >= 0.6 is 22.7 Å². The molecule has 0 aliphatic carbocycles. The van der Waals surface area contributed by atoms with E-state index < -0.39 is 11.9 Å². The normalized spacial score (nSPS) is 11.2. The van der Waals surface area contributed by atoms with Gasteiger partial charge in [-0.05, 0) is 60.9 Å². The lowest BCUT2D eigenvalue weighted by Gasteiger charge is -2.10. The Hall–Kier alpha value is -3.83. The van der Waals surface area contributed by atoms with Gasteiger partial charge in [0.15, 0.2) is 11.6 Å². The summed E-state index contributed by atoms with van der Waals surface area (Å²) in [6.07, 6.45) is 2.64. The third-order valence-corrected chi connectivity index (χ3v) is 8.72. The van der Waals surface area contributed by atoms with E-state index in [9.17, 15) is 19.2 Å². The summed E-state index contributed by atoms with van der Waals surface area (Å²) >= 11 is 2.63. The molecule has 1 aromatic carbocycles. The van der Waals surface area contributed by atoms with Crippen molar-refractivity contribution in [3.05, 3.63) is 51.3 Å². The van der Waals surface area contributed by atoms with Gasteiger partial charge in [0.05, 0.1) is 52.7 Å². The number of thiophene rings is 2. The van der Waals surface area contributed by atoms with E-state index in [2.05, 4.69) is 0 Å². The zero-order valence-electron chi connectivity index (χ0n) is 22.2. The second-order valence-corrected chi connectivity index (χ2v) is 11.5. The number of pyridine rings is 1. The molecule has 3 aromatic heterocycles. The standard InChI is InChI=1S/C29H29NO8S2/c1-37-22-14-24-17(12-26(39-24)20(31)7-9-28(33)34)11-16(22)5-3-4-6-18-23(38-2)15-25-19(30-18)13-27(40-25)21(32)8-10-29(35)36/h11-15H,3-10H2,1-2H3,(H,33,34)(H,35,36). The number of carboxylic acid groups (broad SMARTS) is 2. The Bertz CT molecular complexity index is 1470. The molecule has 0 amide bonds. The molecule has 0 saturated carbocycles. The Morgan fingerprint density at radius 1 is 0.725 bits per heavy atom. The van der Waals surface area contributed by atoms with E-state index in [4.69, 9.17) is 24.7 Å². The number of nitrogens with zero attached hydrogens (tertiary/aromatic N) is 1. The minimum absolute atomic E-state index is 0.0246. The SMILES string of the molecule is COc1cc2sc(C(=O)CCC(=O)O)cc2cc1CCCCc1nc2cc(C(=O)CCC(=O)O)sc2cc1OC. The number of aliphatic carboxylic acids is 2. The zero-order chi connectivity index (χ0) is 28.8. The van der Waals surface area contributed by atoms with Gasteiger partial charge >= 0.3 is 11.9 Å².